The van der Waals surface area contributed by atoms with Gasteiger partial charge >= 0.3 is 12.4 Å². The van der Waals surface area contributed by atoms with Crippen molar-refractivity contribution in [2.24, 2.45) is 5.14 Å². The first-order valence-corrected chi connectivity index (χ1v) is 7.62. The largest absolute Gasteiger partial charge is 0.433 e. The Morgan fingerprint density at radius 1 is 0.917 bits per heavy atom. The van der Waals surface area contributed by atoms with E-state index in [2.05, 4.69) is 4.98 Å². The summed E-state index contributed by atoms with van der Waals surface area (Å²) in [5, 5.41) is 4.92. The summed E-state index contributed by atoms with van der Waals surface area (Å²) in [6.45, 7) is 0. The van der Waals surface area contributed by atoms with Gasteiger partial charge in [0.2, 0.25) is 10.0 Å². The van der Waals surface area contributed by atoms with Crippen molar-refractivity contribution in [3.05, 3.63) is 47.8 Å². The van der Waals surface area contributed by atoms with E-state index < -0.39 is 44.1 Å². The number of sulfonamides is 1. The zero-order valence-electron chi connectivity index (χ0n) is 11.5. The van der Waals surface area contributed by atoms with Crippen molar-refractivity contribution in [3.8, 4) is 11.1 Å². The molecule has 0 spiro atoms. The molecular weight excluding hydrogens is 362 g/mol. The van der Waals surface area contributed by atoms with E-state index in [0.717, 1.165) is 12.1 Å². The number of alkyl halides is 6. The maximum Gasteiger partial charge on any atom is 0.433 e. The molecule has 1 aromatic heterocycles. The van der Waals surface area contributed by atoms with E-state index in [0.29, 0.717) is 24.4 Å². The van der Waals surface area contributed by atoms with Crippen LogP contribution >= 0.6 is 0 Å². The van der Waals surface area contributed by atoms with Gasteiger partial charge in [0.15, 0.2) is 0 Å². The molecule has 0 unspecified atom stereocenters. The SMILES string of the molecule is NS(=O)(=O)c1cnc(C(F)(F)F)cc1-c1ccc(C(F)(F)F)cc1. The Bertz CT molecular complexity index is 858. The van der Waals surface area contributed by atoms with Crippen LogP contribution in [-0.2, 0) is 22.4 Å². The van der Waals surface area contributed by atoms with Crippen molar-refractivity contribution in [1.29, 1.82) is 0 Å². The number of nitrogens with zero attached hydrogens (tertiary/aromatic N) is 1. The van der Waals surface area contributed by atoms with Gasteiger partial charge in [-0.2, -0.15) is 26.3 Å². The minimum absolute atomic E-state index is 0.181. The Hall–Kier alpha value is -2.14. The van der Waals surface area contributed by atoms with Gasteiger partial charge < -0.3 is 0 Å². The number of hydrogen-bond donors (Lipinski definition) is 1. The first-order valence-electron chi connectivity index (χ1n) is 6.08. The van der Waals surface area contributed by atoms with Crippen molar-refractivity contribution < 1.29 is 34.8 Å². The summed E-state index contributed by atoms with van der Waals surface area (Å²) in [7, 11) is -4.43. The van der Waals surface area contributed by atoms with Crippen molar-refractivity contribution in [1.82, 2.24) is 4.98 Å². The van der Waals surface area contributed by atoms with E-state index in [1.807, 2.05) is 0 Å². The second-order valence-electron chi connectivity index (χ2n) is 4.68. The van der Waals surface area contributed by atoms with Gasteiger partial charge in [-0.1, -0.05) is 12.1 Å². The summed E-state index contributed by atoms with van der Waals surface area (Å²) in [4.78, 5) is 2.27. The molecule has 2 rings (SSSR count). The van der Waals surface area contributed by atoms with Gasteiger partial charge in [0, 0.05) is 11.8 Å². The Kier molecular flexibility index (Phi) is 4.35. The lowest BCUT2D eigenvalue weighted by atomic mass is 10.0. The maximum absolute atomic E-state index is 12.7. The van der Waals surface area contributed by atoms with Crippen LogP contribution in [0.1, 0.15) is 11.3 Å². The fraction of sp³-hybridized carbons (Fsp3) is 0.154. The number of hydrogen-bond acceptors (Lipinski definition) is 3. The van der Waals surface area contributed by atoms with Gasteiger partial charge in [0.25, 0.3) is 0 Å². The van der Waals surface area contributed by atoms with Crippen LogP contribution in [0.5, 0.6) is 0 Å². The van der Waals surface area contributed by atoms with Gasteiger partial charge in [-0.15, -0.1) is 0 Å². The van der Waals surface area contributed by atoms with E-state index in [1.54, 1.807) is 0 Å². The van der Waals surface area contributed by atoms with Gasteiger partial charge in [0.05, 0.1) is 5.56 Å². The van der Waals surface area contributed by atoms with E-state index in [1.165, 1.54) is 0 Å². The van der Waals surface area contributed by atoms with Gasteiger partial charge in [-0.3, -0.25) is 4.98 Å². The number of aromatic nitrogens is 1. The Morgan fingerprint density at radius 3 is 1.88 bits per heavy atom. The van der Waals surface area contributed by atoms with E-state index in [-0.39, 0.29) is 5.56 Å². The van der Waals surface area contributed by atoms with Gasteiger partial charge in [-0.05, 0) is 23.8 Å². The van der Waals surface area contributed by atoms with Crippen LogP contribution < -0.4 is 5.14 Å². The lowest BCUT2D eigenvalue weighted by molar-refractivity contribution is -0.141. The summed E-state index contributed by atoms with van der Waals surface area (Å²) in [5.74, 6) is 0. The lowest BCUT2D eigenvalue weighted by Crippen LogP contribution is -2.16. The fourth-order valence-electron chi connectivity index (χ4n) is 1.89. The molecule has 0 saturated carbocycles. The smallest absolute Gasteiger partial charge is 0.250 e. The van der Waals surface area contributed by atoms with Crippen molar-refractivity contribution >= 4 is 10.0 Å². The molecule has 24 heavy (non-hydrogen) atoms. The zero-order chi connectivity index (χ0) is 18.3. The van der Waals surface area contributed by atoms with E-state index in [4.69, 9.17) is 5.14 Å². The molecule has 0 fully saturated rings. The molecule has 0 aliphatic heterocycles. The molecule has 0 atom stereocenters. The molecule has 11 heteroatoms. The Morgan fingerprint density at radius 2 is 1.46 bits per heavy atom. The minimum Gasteiger partial charge on any atom is -0.250 e. The molecule has 0 bridgehead atoms. The predicted octanol–water partition coefficient (Wildman–Crippen LogP) is 3.43. The molecule has 130 valence electrons. The number of rotatable bonds is 2. The monoisotopic (exact) mass is 370 g/mol. The van der Waals surface area contributed by atoms with Crippen molar-refractivity contribution in [2.45, 2.75) is 17.2 Å². The molecule has 2 aromatic rings. The average Bonchev–Trinajstić information content (AvgIpc) is 2.44. The molecule has 0 radical (unpaired) electrons. The molecular formula is C13H8F6N2O2S. The molecule has 0 aliphatic rings. The highest BCUT2D eigenvalue weighted by atomic mass is 32.2. The van der Waals surface area contributed by atoms with Crippen LogP contribution in [0.2, 0.25) is 0 Å². The summed E-state index contributed by atoms with van der Waals surface area (Å²) >= 11 is 0. The van der Waals surface area contributed by atoms with Crippen LogP contribution in [0.3, 0.4) is 0 Å². The van der Waals surface area contributed by atoms with Crippen LogP contribution in [0.4, 0.5) is 26.3 Å². The highest BCUT2D eigenvalue weighted by Gasteiger charge is 2.34. The number of primary sulfonamides is 1. The Labute approximate surface area is 132 Å². The molecule has 0 saturated heterocycles. The molecule has 1 heterocycles. The third kappa shape index (κ3) is 3.85. The average molecular weight is 370 g/mol. The van der Waals surface area contributed by atoms with Crippen LogP contribution in [0, 0.1) is 0 Å². The summed E-state index contributed by atoms with van der Waals surface area (Å²) < 4.78 is 98.8. The molecule has 0 aliphatic carbocycles. The van der Waals surface area contributed by atoms with E-state index in [9.17, 15) is 34.8 Å². The number of nitrogens with two attached hydrogens (primary N) is 1. The van der Waals surface area contributed by atoms with Crippen LogP contribution in [-0.4, -0.2) is 13.4 Å². The van der Waals surface area contributed by atoms with Gasteiger partial charge in [0.1, 0.15) is 10.6 Å². The molecule has 0 amide bonds. The second-order valence-corrected chi connectivity index (χ2v) is 6.21. The first kappa shape index (κ1) is 18.2. The zero-order valence-corrected chi connectivity index (χ0v) is 12.3. The highest BCUT2D eigenvalue weighted by molar-refractivity contribution is 7.89. The lowest BCUT2D eigenvalue weighted by Gasteiger charge is -2.13. The van der Waals surface area contributed by atoms with Gasteiger partial charge in [-0.25, -0.2) is 13.6 Å². The molecule has 2 N–H and O–H groups in total. The standard InChI is InChI=1S/C13H8F6N2O2S/c14-12(15,16)8-3-1-7(2-4-8)9-5-11(13(17,18)19)21-6-10(9)24(20,22)23/h1-6H,(H2,20,22,23). The number of pyridine rings is 1. The third-order valence-electron chi connectivity index (χ3n) is 2.99. The normalized spacial score (nSPS) is 13.1. The van der Waals surface area contributed by atoms with E-state index >= 15 is 0 Å². The quantitative estimate of drug-likeness (QED) is 0.823. The fourth-order valence-corrected chi connectivity index (χ4v) is 2.57. The topological polar surface area (TPSA) is 73.1 Å². The van der Waals surface area contributed by atoms with Crippen molar-refractivity contribution in [3.63, 3.8) is 0 Å². The molecule has 4 nitrogen and oxygen atoms in total. The first-order chi connectivity index (χ1) is 10.8. The van der Waals surface area contributed by atoms with Crippen molar-refractivity contribution in [2.75, 3.05) is 0 Å². The number of benzene rings is 1. The van der Waals surface area contributed by atoms with Crippen LogP contribution in [0.25, 0.3) is 11.1 Å². The minimum atomic E-state index is -4.86. The predicted molar refractivity (Wildman–Crippen MR) is 71.1 cm³/mol. The number of halogens is 6. The second kappa shape index (κ2) is 5.74. The summed E-state index contributed by atoms with van der Waals surface area (Å²) in [6.07, 6.45) is -9.08. The summed E-state index contributed by atoms with van der Waals surface area (Å²) in [6, 6.07) is 3.37. The highest BCUT2D eigenvalue weighted by Crippen LogP contribution is 2.35. The molecule has 1 aromatic carbocycles. The maximum atomic E-state index is 12.7. The van der Waals surface area contributed by atoms with Crippen LogP contribution in [0.15, 0.2) is 41.4 Å². The third-order valence-corrected chi connectivity index (χ3v) is 3.93. The Balaban J connectivity index is 2.66. The summed E-state index contributed by atoms with van der Waals surface area (Å²) in [5.41, 5.74) is -3.10.